The van der Waals surface area contributed by atoms with Crippen LogP contribution in [0, 0.1) is 0 Å². The predicted molar refractivity (Wildman–Crippen MR) is 103 cm³/mol. The zero-order valence-corrected chi connectivity index (χ0v) is 17.6. The van der Waals surface area contributed by atoms with Crippen LogP contribution in [0.25, 0.3) is 0 Å². The third-order valence-electron chi connectivity index (χ3n) is 3.77. The van der Waals surface area contributed by atoms with Gasteiger partial charge in [-0.2, -0.15) is 22.0 Å². The number of benzene rings is 1. The normalized spacial score (nSPS) is 12.1. The van der Waals surface area contributed by atoms with Gasteiger partial charge in [0.25, 0.3) is 15.9 Å². The van der Waals surface area contributed by atoms with Crippen LogP contribution in [0.15, 0.2) is 47.5 Å². The number of pyridine rings is 1. The van der Waals surface area contributed by atoms with Crippen molar-refractivity contribution in [3.63, 3.8) is 0 Å². The van der Waals surface area contributed by atoms with Crippen LogP contribution in [0.3, 0.4) is 0 Å². The SMILES string of the molecule is O=C(NCCO)Oc1ccc(C(=O)NS(=O)(=O)c2ccc(OCC(F)(F)C(F)(F)F)cc2)cn1. The highest BCUT2D eigenvalue weighted by Crippen LogP contribution is 2.35. The molecule has 0 aliphatic heterocycles. The lowest BCUT2D eigenvalue weighted by Gasteiger charge is -2.19. The fraction of sp³-hybridized carbons (Fsp3) is 0.278. The van der Waals surface area contributed by atoms with E-state index in [0.29, 0.717) is 0 Å². The van der Waals surface area contributed by atoms with Gasteiger partial charge in [0.15, 0.2) is 6.61 Å². The number of sulfonamides is 1. The van der Waals surface area contributed by atoms with E-state index in [4.69, 9.17) is 9.84 Å². The number of nitrogens with zero attached hydrogens (tertiary/aromatic N) is 1. The standard InChI is InChI=1S/C18H16F5N3O7S/c19-17(20,18(21,22)23)10-32-12-2-4-13(5-3-12)34(30,31)26-15(28)11-1-6-14(25-9-11)33-16(29)24-7-8-27/h1-6,9,27H,7-8,10H2,(H,24,29)(H,26,28). The molecule has 1 heterocycles. The zero-order chi connectivity index (χ0) is 25.6. The van der Waals surface area contributed by atoms with E-state index in [1.807, 2.05) is 0 Å². The molecule has 2 aromatic rings. The van der Waals surface area contributed by atoms with E-state index in [2.05, 4.69) is 15.0 Å². The quantitative estimate of drug-likeness (QED) is 0.431. The minimum absolute atomic E-state index is 0.0652. The second-order valence-electron chi connectivity index (χ2n) is 6.32. The van der Waals surface area contributed by atoms with Gasteiger partial charge in [0.1, 0.15) is 5.75 Å². The number of aromatic nitrogens is 1. The van der Waals surface area contributed by atoms with E-state index in [-0.39, 0.29) is 24.6 Å². The van der Waals surface area contributed by atoms with Crippen molar-refractivity contribution in [3.8, 4) is 11.6 Å². The summed E-state index contributed by atoms with van der Waals surface area (Å²) in [5.41, 5.74) is -0.235. The zero-order valence-electron chi connectivity index (χ0n) is 16.8. The van der Waals surface area contributed by atoms with Gasteiger partial charge < -0.3 is 19.9 Å². The lowest BCUT2D eigenvalue weighted by atomic mass is 10.3. The smallest absolute Gasteiger partial charge is 0.456 e. The number of hydrogen-bond donors (Lipinski definition) is 3. The average Bonchev–Trinajstić information content (AvgIpc) is 2.76. The van der Waals surface area contributed by atoms with Gasteiger partial charge in [0, 0.05) is 18.8 Å². The molecule has 0 saturated heterocycles. The fourth-order valence-corrected chi connectivity index (χ4v) is 3.05. The number of rotatable bonds is 9. The minimum Gasteiger partial charge on any atom is -0.487 e. The van der Waals surface area contributed by atoms with Gasteiger partial charge in [0.2, 0.25) is 5.88 Å². The molecule has 0 bridgehead atoms. The summed E-state index contributed by atoms with van der Waals surface area (Å²) >= 11 is 0. The predicted octanol–water partition coefficient (Wildman–Crippen LogP) is 1.86. The molecule has 3 N–H and O–H groups in total. The van der Waals surface area contributed by atoms with Gasteiger partial charge in [-0.25, -0.2) is 22.9 Å². The number of carbonyl (C=O) groups excluding carboxylic acids is 2. The summed E-state index contributed by atoms with van der Waals surface area (Å²) in [4.78, 5) is 26.7. The number of halogens is 5. The summed E-state index contributed by atoms with van der Waals surface area (Å²) in [6.07, 6.45) is -5.82. The number of alkyl halides is 5. The first-order valence-electron chi connectivity index (χ1n) is 9.02. The van der Waals surface area contributed by atoms with Crippen molar-refractivity contribution < 1.29 is 54.5 Å². The third kappa shape index (κ3) is 7.24. The van der Waals surface area contributed by atoms with Gasteiger partial charge in [0.05, 0.1) is 17.1 Å². The second-order valence-corrected chi connectivity index (χ2v) is 8.00. The first-order chi connectivity index (χ1) is 15.7. The Hall–Kier alpha value is -3.53. The summed E-state index contributed by atoms with van der Waals surface area (Å²) in [5, 5.41) is 10.8. The first-order valence-corrected chi connectivity index (χ1v) is 10.5. The summed E-state index contributed by atoms with van der Waals surface area (Å²) in [6.45, 7) is -2.39. The molecule has 16 heteroatoms. The van der Waals surface area contributed by atoms with Crippen molar-refractivity contribution in [1.82, 2.24) is 15.0 Å². The molecule has 2 rings (SSSR count). The molecule has 10 nitrogen and oxygen atoms in total. The number of ether oxygens (including phenoxy) is 2. The highest BCUT2D eigenvalue weighted by molar-refractivity contribution is 7.90. The van der Waals surface area contributed by atoms with E-state index < -0.39 is 51.4 Å². The molecule has 2 amide bonds. The van der Waals surface area contributed by atoms with Crippen LogP contribution in [-0.2, 0) is 10.0 Å². The fourth-order valence-electron chi connectivity index (χ4n) is 2.07. The van der Waals surface area contributed by atoms with Crippen molar-refractivity contribution >= 4 is 22.0 Å². The number of aliphatic hydroxyl groups is 1. The van der Waals surface area contributed by atoms with Gasteiger partial charge in [-0.1, -0.05) is 0 Å². The van der Waals surface area contributed by atoms with Crippen molar-refractivity contribution in [2.24, 2.45) is 0 Å². The van der Waals surface area contributed by atoms with Gasteiger partial charge in [-0.05, 0) is 30.3 Å². The van der Waals surface area contributed by atoms with Crippen molar-refractivity contribution in [2.75, 3.05) is 19.8 Å². The molecule has 0 saturated carbocycles. The van der Waals surface area contributed by atoms with Crippen molar-refractivity contribution in [3.05, 3.63) is 48.2 Å². The van der Waals surface area contributed by atoms with Crippen LogP contribution in [0.5, 0.6) is 11.6 Å². The van der Waals surface area contributed by atoms with Gasteiger partial charge >= 0.3 is 18.2 Å². The Morgan fingerprint density at radius 1 is 1.03 bits per heavy atom. The van der Waals surface area contributed by atoms with E-state index in [0.717, 1.165) is 42.6 Å². The Bertz CT molecular complexity index is 1110. The molecule has 0 fully saturated rings. The van der Waals surface area contributed by atoms with Crippen LogP contribution >= 0.6 is 0 Å². The number of aliphatic hydroxyl groups excluding tert-OH is 1. The van der Waals surface area contributed by atoms with Crippen LogP contribution in [0.2, 0.25) is 0 Å². The number of hydrogen-bond acceptors (Lipinski definition) is 8. The summed E-state index contributed by atoms with van der Waals surface area (Å²) in [5.74, 6) is -6.91. The van der Waals surface area contributed by atoms with Crippen LogP contribution < -0.4 is 19.5 Å². The van der Waals surface area contributed by atoms with Crippen molar-refractivity contribution in [1.29, 1.82) is 0 Å². The Morgan fingerprint density at radius 3 is 2.21 bits per heavy atom. The molecule has 1 aromatic carbocycles. The number of amides is 2. The third-order valence-corrected chi connectivity index (χ3v) is 5.12. The molecule has 0 aliphatic rings. The number of nitrogens with one attached hydrogen (secondary N) is 2. The maximum Gasteiger partial charge on any atom is 0.456 e. The Labute approximate surface area is 188 Å². The Balaban J connectivity index is 2.00. The summed E-state index contributed by atoms with van der Waals surface area (Å²) < 4.78 is 97.7. The largest absolute Gasteiger partial charge is 0.487 e. The van der Waals surface area contributed by atoms with Crippen LogP contribution in [0.4, 0.5) is 26.7 Å². The highest BCUT2D eigenvalue weighted by Gasteiger charge is 2.58. The monoisotopic (exact) mass is 513 g/mol. The molecule has 1 aromatic heterocycles. The Kier molecular flexibility index (Phi) is 8.33. The van der Waals surface area contributed by atoms with E-state index >= 15 is 0 Å². The second kappa shape index (κ2) is 10.6. The van der Waals surface area contributed by atoms with Crippen LogP contribution in [-0.4, -0.2) is 62.4 Å². The molecule has 0 aliphatic carbocycles. The molecule has 186 valence electrons. The Morgan fingerprint density at radius 2 is 1.68 bits per heavy atom. The van der Waals surface area contributed by atoms with Crippen molar-refractivity contribution in [2.45, 2.75) is 17.0 Å². The average molecular weight is 513 g/mol. The maximum absolute atomic E-state index is 12.9. The maximum atomic E-state index is 12.9. The number of carbonyl (C=O) groups is 2. The minimum atomic E-state index is -5.81. The molecular weight excluding hydrogens is 497 g/mol. The summed E-state index contributed by atoms with van der Waals surface area (Å²) in [6, 6.07) is 5.53. The lowest BCUT2D eigenvalue weighted by Crippen LogP contribution is -2.41. The highest BCUT2D eigenvalue weighted by atomic mass is 32.2. The summed E-state index contributed by atoms with van der Waals surface area (Å²) in [7, 11) is -4.46. The molecule has 0 radical (unpaired) electrons. The van der Waals surface area contributed by atoms with E-state index in [1.54, 1.807) is 4.72 Å². The van der Waals surface area contributed by atoms with Gasteiger partial charge in [-0.3, -0.25) is 4.79 Å². The topological polar surface area (TPSA) is 144 Å². The lowest BCUT2D eigenvalue weighted by molar-refractivity contribution is -0.290. The molecule has 0 spiro atoms. The first kappa shape index (κ1) is 26.7. The van der Waals surface area contributed by atoms with Gasteiger partial charge in [-0.15, -0.1) is 0 Å². The molecular formula is C18H16F5N3O7S. The molecule has 34 heavy (non-hydrogen) atoms. The van der Waals surface area contributed by atoms with E-state index in [9.17, 15) is 40.0 Å². The van der Waals surface area contributed by atoms with Crippen LogP contribution in [0.1, 0.15) is 10.4 Å². The molecule has 0 unspecified atom stereocenters. The molecule has 0 atom stereocenters. The van der Waals surface area contributed by atoms with E-state index in [1.165, 1.54) is 0 Å².